The lowest BCUT2D eigenvalue weighted by Crippen LogP contribution is -2.21. The van der Waals surface area contributed by atoms with Crippen LogP contribution in [0.25, 0.3) is 6.08 Å². The van der Waals surface area contributed by atoms with E-state index < -0.39 is 4.92 Å². The Kier molecular flexibility index (Phi) is 6.44. The van der Waals surface area contributed by atoms with Crippen LogP contribution in [0.5, 0.6) is 5.75 Å². The van der Waals surface area contributed by atoms with Crippen LogP contribution in [0.4, 0.5) is 11.4 Å². The van der Waals surface area contributed by atoms with E-state index in [4.69, 9.17) is 27.9 Å². The van der Waals surface area contributed by atoms with Crippen LogP contribution in [-0.4, -0.2) is 16.5 Å². The van der Waals surface area contributed by atoms with Crippen molar-refractivity contribution in [3.05, 3.63) is 104 Å². The molecule has 1 aliphatic rings. The van der Waals surface area contributed by atoms with Crippen LogP contribution in [-0.2, 0) is 11.4 Å². The molecule has 7 nitrogen and oxygen atoms in total. The summed E-state index contributed by atoms with van der Waals surface area (Å²) in [5, 5.41) is 17.0. The Morgan fingerprint density at radius 1 is 1.06 bits per heavy atom. The first-order valence-electron chi connectivity index (χ1n) is 9.85. The van der Waals surface area contributed by atoms with Crippen molar-refractivity contribution in [3.8, 4) is 5.75 Å². The van der Waals surface area contributed by atoms with Crippen molar-refractivity contribution < 1.29 is 14.5 Å². The van der Waals surface area contributed by atoms with Gasteiger partial charge in [0, 0.05) is 12.1 Å². The van der Waals surface area contributed by atoms with Gasteiger partial charge in [-0.05, 0) is 60.5 Å². The molecule has 0 saturated heterocycles. The highest BCUT2D eigenvalue weighted by molar-refractivity contribution is 6.37. The summed E-state index contributed by atoms with van der Waals surface area (Å²) in [5.41, 5.74) is 3.04. The predicted molar refractivity (Wildman–Crippen MR) is 129 cm³/mol. The monoisotopic (exact) mass is 481 g/mol. The van der Waals surface area contributed by atoms with E-state index in [1.54, 1.807) is 37.3 Å². The zero-order valence-electron chi connectivity index (χ0n) is 17.4. The van der Waals surface area contributed by atoms with Gasteiger partial charge in [-0.15, -0.1) is 0 Å². The number of non-ortho nitro benzene ring substituents is 1. The van der Waals surface area contributed by atoms with Gasteiger partial charge in [-0.1, -0.05) is 41.4 Å². The lowest BCUT2D eigenvalue weighted by atomic mass is 10.1. The van der Waals surface area contributed by atoms with Gasteiger partial charge in [0.2, 0.25) is 0 Å². The molecule has 9 heteroatoms. The number of hydrogen-bond donors (Lipinski definition) is 0. The average molecular weight is 482 g/mol. The number of carbonyl (C=O) groups is 1. The second kappa shape index (κ2) is 9.44. The fourth-order valence-corrected chi connectivity index (χ4v) is 3.88. The minimum atomic E-state index is -0.466. The smallest absolute Gasteiger partial charge is 0.280 e. The fourth-order valence-electron chi connectivity index (χ4n) is 3.27. The second-order valence-corrected chi connectivity index (χ2v) is 8.04. The van der Waals surface area contributed by atoms with Crippen molar-refractivity contribution in [1.82, 2.24) is 0 Å². The quantitative estimate of drug-likeness (QED) is 0.235. The number of nitro benzene ring substituents is 1. The summed E-state index contributed by atoms with van der Waals surface area (Å²) in [4.78, 5) is 23.2. The van der Waals surface area contributed by atoms with E-state index in [0.29, 0.717) is 22.5 Å². The van der Waals surface area contributed by atoms with Gasteiger partial charge in [-0.2, -0.15) is 10.1 Å². The SMILES string of the molecule is CC1=NN(c2ccccc2)C(=O)/C1=C/c1cc(Cl)c(OCc2ccc([N+](=O)[O-])cc2)c(Cl)c1. The molecule has 0 bridgehead atoms. The third-order valence-corrected chi connectivity index (χ3v) is 5.49. The Hall–Kier alpha value is -3.68. The first-order valence-corrected chi connectivity index (χ1v) is 10.6. The molecule has 1 heterocycles. The lowest BCUT2D eigenvalue weighted by molar-refractivity contribution is -0.384. The molecule has 0 spiro atoms. The Morgan fingerprint density at radius 3 is 2.30 bits per heavy atom. The highest BCUT2D eigenvalue weighted by Crippen LogP contribution is 2.36. The minimum absolute atomic E-state index is 0.00155. The van der Waals surface area contributed by atoms with Crippen LogP contribution in [0.15, 0.2) is 77.4 Å². The van der Waals surface area contributed by atoms with Gasteiger partial charge in [-0.3, -0.25) is 14.9 Å². The molecule has 166 valence electrons. The fraction of sp³-hybridized carbons (Fsp3) is 0.0833. The second-order valence-electron chi connectivity index (χ2n) is 7.22. The zero-order chi connectivity index (χ0) is 23.5. The summed E-state index contributed by atoms with van der Waals surface area (Å²) in [6, 6.07) is 18.5. The molecule has 0 radical (unpaired) electrons. The Bertz CT molecular complexity index is 1270. The number of hydrogen-bond acceptors (Lipinski definition) is 5. The largest absolute Gasteiger partial charge is 0.486 e. The van der Waals surface area contributed by atoms with Crippen LogP contribution in [0.2, 0.25) is 10.0 Å². The molecule has 0 atom stereocenters. The maximum atomic E-state index is 12.9. The van der Waals surface area contributed by atoms with E-state index in [1.807, 2.05) is 30.3 Å². The van der Waals surface area contributed by atoms with Crippen LogP contribution in [0.3, 0.4) is 0 Å². The highest BCUT2D eigenvalue weighted by atomic mass is 35.5. The summed E-state index contributed by atoms with van der Waals surface area (Å²) >= 11 is 12.8. The number of halogens is 2. The molecule has 1 aliphatic heterocycles. The van der Waals surface area contributed by atoms with Gasteiger partial charge < -0.3 is 4.74 Å². The van der Waals surface area contributed by atoms with E-state index in [1.165, 1.54) is 17.1 Å². The molecular weight excluding hydrogens is 465 g/mol. The summed E-state index contributed by atoms with van der Waals surface area (Å²) in [6.45, 7) is 1.89. The number of nitro groups is 1. The molecule has 4 rings (SSSR count). The summed E-state index contributed by atoms with van der Waals surface area (Å²) < 4.78 is 5.74. The number of rotatable bonds is 6. The third kappa shape index (κ3) is 4.89. The van der Waals surface area contributed by atoms with Crippen LogP contribution >= 0.6 is 23.2 Å². The average Bonchev–Trinajstić information content (AvgIpc) is 3.08. The topological polar surface area (TPSA) is 85.0 Å². The molecule has 0 N–H and O–H groups in total. The third-order valence-electron chi connectivity index (χ3n) is 4.93. The molecule has 0 fully saturated rings. The van der Waals surface area contributed by atoms with E-state index in [9.17, 15) is 14.9 Å². The van der Waals surface area contributed by atoms with Crippen LogP contribution < -0.4 is 9.75 Å². The van der Waals surface area contributed by atoms with Crippen LogP contribution in [0, 0.1) is 10.1 Å². The molecule has 0 saturated carbocycles. The highest BCUT2D eigenvalue weighted by Gasteiger charge is 2.28. The molecular formula is C24H17Cl2N3O4. The molecule has 3 aromatic carbocycles. The number of amides is 1. The van der Waals surface area contributed by atoms with Crippen molar-refractivity contribution in [2.75, 3.05) is 5.01 Å². The summed E-state index contributed by atoms with van der Waals surface area (Å²) in [7, 11) is 0. The number of benzene rings is 3. The molecule has 1 amide bonds. The molecule has 33 heavy (non-hydrogen) atoms. The van der Waals surface area contributed by atoms with Gasteiger partial charge in [-0.25, -0.2) is 0 Å². The summed E-state index contributed by atoms with van der Waals surface area (Å²) in [5.74, 6) is 0.0392. The maximum absolute atomic E-state index is 12.9. The Balaban J connectivity index is 1.52. The van der Waals surface area contributed by atoms with Gasteiger partial charge >= 0.3 is 0 Å². The van der Waals surface area contributed by atoms with E-state index in [0.717, 1.165) is 5.56 Å². The van der Waals surface area contributed by atoms with Gasteiger partial charge in [0.1, 0.15) is 6.61 Å². The number of hydrazone groups is 1. The predicted octanol–water partition coefficient (Wildman–Crippen LogP) is 6.29. The normalized spacial score (nSPS) is 14.5. The molecule has 0 unspecified atom stereocenters. The van der Waals surface area contributed by atoms with Crippen molar-refractivity contribution in [2.45, 2.75) is 13.5 Å². The number of anilines is 1. The number of para-hydroxylation sites is 1. The number of carbonyl (C=O) groups excluding carboxylic acids is 1. The first kappa shape index (κ1) is 22.5. The number of ether oxygens (including phenoxy) is 1. The summed E-state index contributed by atoms with van der Waals surface area (Å²) in [6.07, 6.45) is 1.68. The van der Waals surface area contributed by atoms with Gasteiger partial charge in [0.15, 0.2) is 5.75 Å². The standard InChI is InChI=1S/C24H17Cl2N3O4/c1-15-20(24(30)28(27-15)18-5-3-2-4-6-18)11-17-12-21(25)23(22(26)13-17)33-14-16-7-9-19(10-8-16)29(31)32/h2-13H,14H2,1H3/b20-11+. The van der Waals surface area contributed by atoms with Gasteiger partial charge in [0.25, 0.3) is 11.6 Å². The van der Waals surface area contributed by atoms with Crippen molar-refractivity contribution in [2.24, 2.45) is 5.10 Å². The first-order chi connectivity index (χ1) is 15.8. The van der Waals surface area contributed by atoms with E-state index in [2.05, 4.69) is 5.10 Å². The molecule has 0 aliphatic carbocycles. The van der Waals surface area contributed by atoms with E-state index in [-0.39, 0.29) is 34.0 Å². The Morgan fingerprint density at radius 2 is 1.70 bits per heavy atom. The van der Waals surface area contributed by atoms with Crippen molar-refractivity contribution in [1.29, 1.82) is 0 Å². The zero-order valence-corrected chi connectivity index (χ0v) is 18.9. The maximum Gasteiger partial charge on any atom is 0.280 e. The molecule has 3 aromatic rings. The van der Waals surface area contributed by atoms with Gasteiger partial charge in [0.05, 0.1) is 31.9 Å². The van der Waals surface area contributed by atoms with Crippen molar-refractivity contribution >= 4 is 52.3 Å². The lowest BCUT2D eigenvalue weighted by Gasteiger charge is -2.12. The van der Waals surface area contributed by atoms with Crippen molar-refractivity contribution in [3.63, 3.8) is 0 Å². The minimum Gasteiger partial charge on any atom is -0.486 e. The Labute approximate surface area is 199 Å². The molecule has 0 aromatic heterocycles. The van der Waals surface area contributed by atoms with Crippen LogP contribution in [0.1, 0.15) is 18.1 Å². The number of nitrogens with zero attached hydrogens (tertiary/aromatic N) is 3. The van der Waals surface area contributed by atoms with E-state index >= 15 is 0 Å².